The Morgan fingerprint density at radius 1 is 1.10 bits per heavy atom. The first-order valence-electron chi connectivity index (χ1n) is 6.45. The molecule has 0 amide bonds. The molecule has 6 heteroatoms. The number of sulfonamides is 1. The number of aryl methyl sites for hydroxylation is 1. The summed E-state index contributed by atoms with van der Waals surface area (Å²) in [4.78, 5) is 0.144. The summed E-state index contributed by atoms with van der Waals surface area (Å²) in [6, 6.07) is 10.5. The Bertz CT molecular complexity index is 728. The van der Waals surface area contributed by atoms with Crippen LogP contribution in [0.5, 0.6) is 0 Å². The van der Waals surface area contributed by atoms with E-state index in [1.807, 2.05) is 7.05 Å². The van der Waals surface area contributed by atoms with Gasteiger partial charge in [-0.05, 0) is 49.4 Å². The summed E-state index contributed by atoms with van der Waals surface area (Å²) in [6.45, 7) is 2.38. The Morgan fingerprint density at radius 3 is 2.38 bits per heavy atom. The summed E-state index contributed by atoms with van der Waals surface area (Å²) in [5, 5.41) is 2.99. The molecule has 2 aromatic carbocycles. The van der Waals surface area contributed by atoms with Crippen LogP contribution < -0.4 is 10.0 Å². The van der Waals surface area contributed by atoms with E-state index in [2.05, 4.69) is 10.0 Å². The van der Waals surface area contributed by atoms with Gasteiger partial charge >= 0.3 is 0 Å². The van der Waals surface area contributed by atoms with Gasteiger partial charge in [-0.2, -0.15) is 0 Å². The number of nitrogens with one attached hydrogen (secondary N) is 2. The van der Waals surface area contributed by atoms with Crippen molar-refractivity contribution in [1.82, 2.24) is 5.32 Å². The second-order valence-electron chi connectivity index (χ2n) is 4.74. The zero-order valence-electron chi connectivity index (χ0n) is 11.9. The van der Waals surface area contributed by atoms with E-state index in [4.69, 9.17) is 0 Å². The van der Waals surface area contributed by atoms with Crippen LogP contribution in [0.4, 0.5) is 10.1 Å². The molecule has 0 aliphatic carbocycles. The quantitative estimate of drug-likeness (QED) is 0.893. The van der Waals surface area contributed by atoms with Gasteiger partial charge in [0.05, 0.1) is 10.6 Å². The normalized spacial score (nSPS) is 11.4. The minimum atomic E-state index is -3.72. The zero-order valence-corrected chi connectivity index (χ0v) is 12.7. The topological polar surface area (TPSA) is 58.2 Å². The van der Waals surface area contributed by atoms with Gasteiger partial charge in [0.15, 0.2) is 0 Å². The lowest BCUT2D eigenvalue weighted by molar-refractivity contribution is 0.601. The fraction of sp³-hybridized carbons (Fsp3) is 0.200. The van der Waals surface area contributed by atoms with Gasteiger partial charge in [-0.15, -0.1) is 0 Å². The average molecular weight is 308 g/mol. The van der Waals surface area contributed by atoms with Crippen molar-refractivity contribution in [1.29, 1.82) is 0 Å². The van der Waals surface area contributed by atoms with Gasteiger partial charge in [0.1, 0.15) is 5.82 Å². The van der Waals surface area contributed by atoms with Gasteiger partial charge in [0, 0.05) is 6.54 Å². The molecule has 0 saturated carbocycles. The van der Waals surface area contributed by atoms with Gasteiger partial charge < -0.3 is 5.32 Å². The van der Waals surface area contributed by atoms with E-state index in [0.29, 0.717) is 12.1 Å². The van der Waals surface area contributed by atoms with E-state index >= 15 is 0 Å². The fourth-order valence-electron chi connectivity index (χ4n) is 1.90. The molecule has 0 bridgehead atoms. The molecule has 0 spiro atoms. The maximum Gasteiger partial charge on any atom is 0.261 e. The van der Waals surface area contributed by atoms with Gasteiger partial charge in [0.2, 0.25) is 0 Å². The molecule has 0 heterocycles. The fourth-order valence-corrected chi connectivity index (χ4v) is 3.02. The lowest BCUT2D eigenvalue weighted by Gasteiger charge is -2.11. The van der Waals surface area contributed by atoms with Crippen molar-refractivity contribution in [3.63, 3.8) is 0 Å². The summed E-state index contributed by atoms with van der Waals surface area (Å²) in [5.74, 6) is -0.484. The summed E-state index contributed by atoms with van der Waals surface area (Å²) in [6.07, 6.45) is 0. The zero-order chi connectivity index (χ0) is 15.5. The summed E-state index contributed by atoms with van der Waals surface area (Å²) >= 11 is 0. The van der Waals surface area contributed by atoms with E-state index in [1.54, 1.807) is 19.1 Å². The molecule has 21 heavy (non-hydrogen) atoms. The Hall–Kier alpha value is -1.92. The number of hydrogen-bond acceptors (Lipinski definition) is 3. The van der Waals surface area contributed by atoms with Crippen LogP contribution in [0.3, 0.4) is 0 Å². The number of halogens is 1. The average Bonchev–Trinajstić information content (AvgIpc) is 2.44. The summed E-state index contributed by atoms with van der Waals surface area (Å²) in [5.41, 5.74) is 1.89. The van der Waals surface area contributed by atoms with Crippen molar-refractivity contribution in [2.24, 2.45) is 0 Å². The molecule has 4 nitrogen and oxygen atoms in total. The van der Waals surface area contributed by atoms with Crippen LogP contribution in [0.1, 0.15) is 11.1 Å². The number of hydrogen-bond donors (Lipinski definition) is 2. The van der Waals surface area contributed by atoms with Crippen molar-refractivity contribution in [2.75, 3.05) is 11.8 Å². The van der Waals surface area contributed by atoms with Crippen LogP contribution in [0.25, 0.3) is 0 Å². The molecule has 2 rings (SSSR count). The maximum absolute atomic E-state index is 13.2. The van der Waals surface area contributed by atoms with E-state index in [-0.39, 0.29) is 10.6 Å². The van der Waals surface area contributed by atoms with Crippen LogP contribution in [0.2, 0.25) is 0 Å². The number of benzene rings is 2. The van der Waals surface area contributed by atoms with Crippen LogP contribution in [-0.2, 0) is 16.6 Å². The van der Waals surface area contributed by atoms with Gasteiger partial charge in [0.25, 0.3) is 10.0 Å². The molecular weight excluding hydrogens is 291 g/mol. The van der Waals surface area contributed by atoms with Gasteiger partial charge in [-0.25, -0.2) is 12.8 Å². The first kappa shape index (κ1) is 15.5. The molecule has 0 aliphatic rings. The van der Waals surface area contributed by atoms with E-state index in [0.717, 1.165) is 5.56 Å². The molecule has 0 radical (unpaired) electrons. The van der Waals surface area contributed by atoms with Crippen LogP contribution in [0, 0.1) is 12.7 Å². The molecule has 112 valence electrons. The van der Waals surface area contributed by atoms with E-state index in [9.17, 15) is 12.8 Å². The third-order valence-corrected chi connectivity index (χ3v) is 4.44. The Balaban J connectivity index is 2.27. The highest BCUT2D eigenvalue weighted by Crippen LogP contribution is 2.21. The summed E-state index contributed by atoms with van der Waals surface area (Å²) in [7, 11) is -1.90. The van der Waals surface area contributed by atoms with Crippen LogP contribution in [0.15, 0.2) is 47.4 Å². The van der Waals surface area contributed by atoms with Gasteiger partial charge in [-0.1, -0.05) is 18.2 Å². The molecule has 0 aliphatic heterocycles. The predicted octanol–water partition coefficient (Wildman–Crippen LogP) is 2.65. The largest absolute Gasteiger partial charge is 0.316 e. The Labute approximate surface area is 124 Å². The standard InChI is InChI=1S/C15H17FN2O2S/c1-11-3-6-13(16)9-15(11)18-21(19,20)14-7-4-12(5-8-14)10-17-2/h3-9,17-18H,10H2,1-2H3. The molecule has 2 N–H and O–H groups in total. The minimum Gasteiger partial charge on any atom is -0.316 e. The van der Waals surface area contributed by atoms with E-state index < -0.39 is 15.8 Å². The second kappa shape index (κ2) is 6.24. The molecule has 0 atom stereocenters. The lowest BCUT2D eigenvalue weighted by Crippen LogP contribution is -2.14. The van der Waals surface area contributed by atoms with Crippen molar-refractivity contribution in [3.8, 4) is 0 Å². The lowest BCUT2D eigenvalue weighted by atomic mass is 10.2. The van der Waals surface area contributed by atoms with Crippen molar-refractivity contribution < 1.29 is 12.8 Å². The first-order chi connectivity index (χ1) is 9.92. The Morgan fingerprint density at radius 2 is 1.76 bits per heavy atom. The van der Waals surface area contributed by atoms with Crippen LogP contribution in [-0.4, -0.2) is 15.5 Å². The van der Waals surface area contributed by atoms with E-state index in [1.165, 1.54) is 30.3 Å². The van der Waals surface area contributed by atoms with Crippen molar-refractivity contribution in [3.05, 3.63) is 59.4 Å². The highest BCUT2D eigenvalue weighted by molar-refractivity contribution is 7.92. The molecular formula is C15H17FN2O2S. The summed E-state index contributed by atoms with van der Waals surface area (Å²) < 4.78 is 40.2. The third-order valence-electron chi connectivity index (χ3n) is 3.06. The smallest absolute Gasteiger partial charge is 0.261 e. The maximum atomic E-state index is 13.2. The SMILES string of the molecule is CNCc1ccc(S(=O)(=O)Nc2cc(F)ccc2C)cc1. The Kier molecular flexibility index (Phi) is 4.59. The molecule has 2 aromatic rings. The molecule has 0 saturated heterocycles. The molecule has 0 aromatic heterocycles. The van der Waals surface area contributed by atoms with Gasteiger partial charge in [-0.3, -0.25) is 4.72 Å². The van der Waals surface area contributed by atoms with Crippen molar-refractivity contribution >= 4 is 15.7 Å². The second-order valence-corrected chi connectivity index (χ2v) is 6.42. The highest BCUT2D eigenvalue weighted by Gasteiger charge is 2.15. The predicted molar refractivity (Wildman–Crippen MR) is 81.2 cm³/mol. The number of anilines is 1. The highest BCUT2D eigenvalue weighted by atomic mass is 32.2. The third kappa shape index (κ3) is 3.80. The number of rotatable bonds is 5. The molecule has 0 fully saturated rings. The minimum absolute atomic E-state index is 0.144. The molecule has 0 unspecified atom stereocenters. The van der Waals surface area contributed by atoms with Crippen molar-refractivity contribution in [2.45, 2.75) is 18.4 Å². The first-order valence-corrected chi connectivity index (χ1v) is 7.93. The monoisotopic (exact) mass is 308 g/mol. The van der Waals surface area contributed by atoms with Crippen LogP contribution >= 0.6 is 0 Å².